The first kappa shape index (κ1) is 13.3. The highest BCUT2D eigenvalue weighted by atomic mass is 79.9. The minimum atomic E-state index is -0.558. The molecule has 1 amide bonds. The average Bonchev–Trinajstić information content (AvgIpc) is 2.42. The molecular formula is C12H14BrNO4. The zero-order valence-corrected chi connectivity index (χ0v) is 11.5. The molecule has 0 saturated carbocycles. The van der Waals surface area contributed by atoms with Gasteiger partial charge in [-0.15, -0.1) is 0 Å². The molecule has 98 valence electrons. The van der Waals surface area contributed by atoms with Gasteiger partial charge < -0.3 is 19.5 Å². The maximum absolute atomic E-state index is 11.9. The van der Waals surface area contributed by atoms with Crippen molar-refractivity contribution in [2.24, 2.45) is 0 Å². The molecule has 2 rings (SSSR count). The number of anilines is 1. The van der Waals surface area contributed by atoms with E-state index in [1.54, 1.807) is 19.2 Å². The first-order chi connectivity index (χ1) is 8.70. The van der Waals surface area contributed by atoms with E-state index in [1.807, 2.05) is 6.07 Å². The SMILES string of the molecule is COc1ccc(Br)c(NC(=O)C2COCCO2)c1. The van der Waals surface area contributed by atoms with Crippen molar-refractivity contribution in [3.63, 3.8) is 0 Å². The van der Waals surface area contributed by atoms with E-state index in [9.17, 15) is 4.79 Å². The fourth-order valence-electron chi connectivity index (χ4n) is 1.58. The van der Waals surface area contributed by atoms with Crippen LogP contribution >= 0.6 is 15.9 Å². The third kappa shape index (κ3) is 3.22. The Balaban J connectivity index is 2.05. The van der Waals surface area contributed by atoms with Crippen LogP contribution in [0.2, 0.25) is 0 Å². The number of carbonyl (C=O) groups is 1. The lowest BCUT2D eigenvalue weighted by atomic mass is 10.2. The molecule has 1 unspecified atom stereocenters. The topological polar surface area (TPSA) is 56.8 Å². The van der Waals surface area contributed by atoms with Gasteiger partial charge in [0.1, 0.15) is 5.75 Å². The molecule has 6 heteroatoms. The Kier molecular flexibility index (Phi) is 4.57. The smallest absolute Gasteiger partial charge is 0.255 e. The summed E-state index contributed by atoms with van der Waals surface area (Å²) in [6, 6.07) is 5.36. The van der Waals surface area contributed by atoms with Crippen molar-refractivity contribution >= 4 is 27.5 Å². The number of amides is 1. The van der Waals surface area contributed by atoms with Crippen LogP contribution in [0.1, 0.15) is 0 Å². The number of hydrogen-bond donors (Lipinski definition) is 1. The fourth-order valence-corrected chi connectivity index (χ4v) is 1.93. The average molecular weight is 316 g/mol. The van der Waals surface area contributed by atoms with Crippen LogP contribution in [0.5, 0.6) is 5.75 Å². The van der Waals surface area contributed by atoms with E-state index in [2.05, 4.69) is 21.2 Å². The van der Waals surface area contributed by atoms with Gasteiger partial charge >= 0.3 is 0 Å². The van der Waals surface area contributed by atoms with Crippen molar-refractivity contribution in [3.05, 3.63) is 22.7 Å². The minimum absolute atomic E-state index is 0.219. The second-order valence-electron chi connectivity index (χ2n) is 3.77. The number of ether oxygens (including phenoxy) is 3. The predicted octanol–water partition coefficient (Wildman–Crippen LogP) is 1.81. The summed E-state index contributed by atoms with van der Waals surface area (Å²) in [5.41, 5.74) is 0.647. The van der Waals surface area contributed by atoms with Gasteiger partial charge in [0.25, 0.3) is 5.91 Å². The van der Waals surface area contributed by atoms with Crippen LogP contribution in [-0.2, 0) is 14.3 Å². The van der Waals surface area contributed by atoms with Crippen LogP contribution in [0.4, 0.5) is 5.69 Å². The highest BCUT2D eigenvalue weighted by molar-refractivity contribution is 9.10. The van der Waals surface area contributed by atoms with Crippen molar-refractivity contribution < 1.29 is 19.0 Å². The zero-order chi connectivity index (χ0) is 13.0. The van der Waals surface area contributed by atoms with Gasteiger partial charge in [-0.3, -0.25) is 4.79 Å². The molecule has 1 atom stereocenters. The van der Waals surface area contributed by atoms with Crippen LogP contribution in [0, 0.1) is 0 Å². The van der Waals surface area contributed by atoms with Gasteiger partial charge in [-0.05, 0) is 28.1 Å². The van der Waals surface area contributed by atoms with E-state index in [1.165, 1.54) is 0 Å². The van der Waals surface area contributed by atoms with E-state index in [4.69, 9.17) is 14.2 Å². The molecule has 0 aromatic heterocycles. The summed E-state index contributed by atoms with van der Waals surface area (Å²) in [7, 11) is 1.58. The third-order valence-corrected chi connectivity index (χ3v) is 3.23. The summed E-state index contributed by atoms with van der Waals surface area (Å²) in [5, 5.41) is 2.78. The Hall–Kier alpha value is -1.11. The van der Waals surface area contributed by atoms with E-state index in [0.29, 0.717) is 24.7 Å². The number of halogens is 1. The number of nitrogens with one attached hydrogen (secondary N) is 1. The number of hydrogen-bond acceptors (Lipinski definition) is 4. The van der Waals surface area contributed by atoms with Gasteiger partial charge in [0, 0.05) is 10.5 Å². The van der Waals surface area contributed by atoms with E-state index < -0.39 is 6.10 Å². The van der Waals surface area contributed by atoms with Gasteiger partial charge in [-0.2, -0.15) is 0 Å². The second-order valence-corrected chi connectivity index (χ2v) is 4.62. The van der Waals surface area contributed by atoms with Gasteiger partial charge in [0.05, 0.1) is 32.6 Å². The number of methoxy groups -OCH3 is 1. The molecule has 5 nitrogen and oxygen atoms in total. The van der Waals surface area contributed by atoms with Crippen LogP contribution in [0.25, 0.3) is 0 Å². The number of carbonyl (C=O) groups excluding carboxylic acids is 1. The Bertz CT molecular complexity index is 432. The lowest BCUT2D eigenvalue weighted by Crippen LogP contribution is -2.39. The van der Waals surface area contributed by atoms with E-state index in [0.717, 1.165) is 4.47 Å². The summed E-state index contributed by atoms with van der Waals surface area (Å²) < 4.78 is 16.4. The summed E-state index contributed by atoms with van der Waals surface area (Å²) in [6.07, 6.45) is -0.558. The lowest BCUT2D eigenvalue weighted by molar-refractivity contribution is -0.142. The third-order valence-electron chi connectivity index (χ3n) is 2.54. The summed E-state index contributed by atoms with van der Waals surface area (Å²) in [5.74, 6) is 0.456. The highest BCUT2D eigenvalue weighted by Crippen LogP contribution is 2.27. The lowest BCUT2D eigenvalue weighted by Gasteiger charge is -2.22. The summed E-state index contributed by atoms with van der Waals surface area (Å²) in [6.45, 7) is 1.26. The standard InChI is InChI=1S/C12H14BrNO4/c1-16-8-2-3-9(13)10(6-8)14-12(15)11-7-17-4-5-18-11/h2-3,6,11H,4-5,7H2,1H3,(H,14,15). The van der Waals surface area contributed by atoms with Crippen molar-refractivity contribution in [2.75, 3.05) is 32.2 Å². The molecule has 0 spiro atoms. The number of benzene rings is 1. The van der Waals surface area contributed by atoms with Gasteiger partial charge in [-0.1, -0.05) is 0 Å². The fraction of sp³-hybridized carbons (Fsp3) is 0.417. The first-order valence-corrected chi connectivity index (χ1v) is 6.34. The Morgan fingerprint density at radius 2 is 2.33 bits per heavy atom. The molecule has 1 N–H and O–H groups in total. The molecule has 0 bridgehead atoms. The van der Waals surface area contributed by atoms with Crippen molar-refractivity contribution in [1.82, 2.24) is 0 Å². The molecule has 1 fully saturated rings. The van der Waals surface area contributed by atoms with Crippen LogP contribution in [0.15, 0.2) is 22.7 Å². The van der Waals surface area contributed by atoms with Crippen molar-refractivity contribution in [1.29, 1.82) is 0 Å². The molecule has 1 heterocycles. The summed E-state index contributed by atoms with van der Waals surface area (Å²) in [4.78, 5) is 11.9. The van der Waals surface area contributed by atoms with Crippen molar-refractivity contribution in [3.8, 4) is 5.75 Å². The molecular weight excluding hydrogens is 302 g/mol. The Labute approximate surface area is 114 Å². The largest absolute Gasteiger partial charge is 0.497 e. The van der Waals surface area contributed by atoms with Gasteiger partial charge in [0.15, 0.2) is 6.10 Å². The zero-order valence-electron chi connectivity index (χ0n) is 9.94. The monoisotopic (exact) mass is 315 g/mol. The first-order valence-electron chi connectivity index (χ1n) is 5.54. The maximum atomic E-state index is 11.9. The molecule has 1 saturated heterocycles. The van der Waals surface area contributed by atoms with Crippen LogP contribution < -0.4 is 10.1 Å². The minimum Gasteiger partial charge on any atom is -0.497 e. The van der Waals surface area contributed by atoms with Gasteiger partial charge in [0.2, 0.25) is 0 Å². The quantitative estimate of drug-likeness (QED) is 0.924. The molecule has 0 radical (unpaired) electrons. The molecule has 1 aliphatic heterocycles. The molecule has 1 aromatic carbocycles. The summed E-state index contributed by atoms with van der Waals surface area (Å²) >= 11 is 3.37. The molecule has 18 heavy (non-hydrogen) atoms. The van der Waals surface area contributed by atoms with E-state index >= 15 is 0 Å². The highest BCUT2D eigenvalue weighted by Gasteiger charge is 2.23. The predicted molar refractivity (Wildman–Crippen MR) is 69.9 cm³/mol. The maximum Gasteiger partial charge on any atom is 0.255 e. The Morgan fingerprint density at radius 1 is 1.50 bits per heavy atom. The Morgan fingerprint density at radius 3 is 3.00 bits per heavy atom. The number of rotatable bonds is 3. The van der Waals surface area contributed by atoms with Gasteiger partial charge in [-0.25, -0.2) is 0 Å². The van der Waals surface area contributed by atoms with Crippen LogP contribution in [0.3, 0.4) is 0 Å². The van der Waals surface area contributed by atoms with Crippen LogP contribution in [-0.4, -0.2) is 38.9 Å². The van der Waals surface area contributed by atoms with Crippen molar-refractivity contribution in [2.45, 2.75) is 6.10 Å². The normalized spacial score (nSPS) is 19.3. The van der Waals surface area contributed by atoms with E-state index in [-0.39, 0.29) is 12.5 Å². The molecule has 1 aromatic rings. The molecule has 0 aliphatic carbocycles. The second kappa shape index (κ2) is 6.17. The molecule has 1 aliphatic rings.